The third-order valence-electron chi connectivity index (χ3n) is 2.70. The molecule has 0 spiro atoms. The monoisotopic (exact) mass is 309 g/mol. The number of aryl methyl sites for hydroxylation is 1. The molecule has 0 unspecified atom stereocenters. The topological polar surface area (TPSA) is 34.4 Å². The average molecular weight is 310 g/mol. The molecule has 0 aliphatic heterocycles. The van der Waals surface area contributed by atoms with Crippen LogP contribution in [-0.4, -0.2) is 7.05 Å². The molecule has 1 heterocycles. The van der Waals surface area contributed by atoms with E-state index in [4.69, 9.17) is 9.15 Å². The van der Waals surface area contributed by atoms with Crippen LogP contribution < -0.4 is 10.1 Å². The fraction of sp³-hybridized carbons (Fsp3) is 0.286. The van der Waals surface area contributed by atoms with Crippen molar-refractivity contribution in [2.45, 2.75) is 20.1 Å². The maximum absolute atomic E-state index is 5.73. The number of nitrogens with one attached hydrogen (secondary N) is 1. The molecule has 0 aliphatic rings. The standard InChI is InChI=1S/C14H16BrNO2/c1-10-7-12(3-4-13(10)15)18-9-14-11(8-16-2)5-6-17-14/h3-7,16H,8-9H2,1-2H3. The van der Waals surface area contributed by atoms with E-state index in [1.54, 1.807) is 6.26 Å². The molecule has 0 aliphatic carbocycles. The Kier molecular flexibility index (Phi) is 4.44. The first-order chi connectivity index (χ1) is 8.70. The molecule has 0 bridgehead atoms. The molecular weight excluding hydrogens is 294 g/mol. The molecule has 1 aromatic heterocycles. The lowest BCUT2D eigenvalue weighted by atomic mass is 10.2. The molecule has 18 heavy (non-hydrogen) atoms. The van der Waals surface area contributed by atoms with Gasteiger partial charge < -0.3 is 14.5 Å². The van der Waals surface area contributed by atoms with E-state index in [2.05, 4.69) is 21.2 Å². The third kappa shape index (κ3) is 3.15. The van der Waals surface area contributed by atoms with Crippen LogP contribution in [0.25, 0.3) is 0 Å². The van der Waals surface area contributed by atoms with Crippen molar-refractivity contribution in [3.63, 3.8) is 0 Å². The fourth-order valence-electron chi connectivity index (χ4n) is 1.70. The molecule has 2 rings (SSSR count). The van der Waals surface area contributed by atoms with Gasteiger partial charge in [0.15, 0.2) is 0 Å². The Labute approximate surface area is 115 Å². The van der Waals surface area contributed by atoms with Crippen LogP contribution in [-0.2, 0) is 13.2 Å². The third-order valence-corrected chi connectivity index (χ3v) is 3.59. The zero-order valence-corrected chi connectivity index (χ0v) is 12.1. The first kappa shape index (κ1) is 13.2. The SMILES string of the molecule is CNCc1ccoc1COc1ccc(Br)c(C)c1. The minimum absolute atomic E-state index is 0.449. The Bertz CT molecular complexity index is 522. The number of halogens is 1. The molecular formula is C14H16BrNO2. The summed E-state index contributed by atoms with van der Waals surface area (Å²) >= 11 is 3.47. The van der Waals surface area contributed by atoms with Crippen LogP contribution in [0.4, 0.5) is 0 Å². The van der Waals surface area contributed by atoms with Crippen LogP contribution in [0, 0.1) is 6.92 Å². The molecule has 96 valence electrons. The highest BCUT2D eigenvalue weighted by Crippen LogP contribution is 2.22. The van der Waals surface area contributed by atoms with Gasteiger partial charge in [0.25, 0.3) is 0 Å². The van der Waals surface area contributed by atoms with Crippen molar-refractivity contribution < 1.29 is 9.15 Å². The predicted molar refractivity (Wildman–Crippen MR) is 74.7 cm³/mol. The fourth-order valence-corrected chi connectivity index (χ4v) is 1.94. The van der Waals surface area contributed by atoms with E-state index in [0.29, 0.717) is 6.61 Å². The quantitative estimate of drug-likeness (QED) is 0.915. The van der Waals surface area contributed by atoms with Crippen LogP contribution >= 0.6 is 15.9 Å². The summed E-state index contributed by atoms with van der Waals surface area (Å²) in [6.07, 6.45) is 1.69. The van der Waals surface area contributed by atoms with Crippen LogP contribution in [0.5, 0.6) is 5.75 Å². The van der Waals surface area contributed by atoms with E-state index in [1.807, 2.05) is 38.2 Å². The number of ether oxygens (including phenoxy) is 1. The molecule has 1 aromatic carbocycles. The largest absolute Gasteiger partial charge is 0.486 e. The maximum Gasteiger partial charge on any atom is 0.146 e. The van der Waals surface area contributed by atoms with E-state index in [9.17, 15) is 0 Å². The van der Waals surface area contributed by atoms with Gasteiger partial charge >= 0.3 is 0 Å². The summed E-state index contributed by atoms with van der Waals surface area (Å²) in [7, 11) is 1.91. The summed E-state index contributed by atoms with van der Waals surface area (Å²) in [5, 5.41) is 3.10. The van der Waals surface area contributed by atoms with Crippen molar-refractivity contribution in [2.75, 3.05) is 7.05 Å². The lowest BCUT2D eigenvalue weighted by Gasteiger charge is -2.07. The van der Waals surface area contributed by atoms with Crippen molar-refractivity contribution >= 4 is 15.9 Å². The van der Waals surface area contributed by atoms with Gasteiger partial charge in [0, 0.05) is 16.6 Å². The number of furan rings is 1. The van der Waals surface area contributed by atoms with Crippen molar-refractivity contribution in [1.82, 2.24) is 5.32 Å². The summed E-state index contributed by atoms with van der Waals surface area (Å²) in [6, 6.07) is 7.89. The summed E-state index contributed by atoms with van der Waals surface area (Å²) in [5.41, 5.74) is 2.29. The van der Waals surface area contributed by atoms with Gasteiger partial charge in [0.2, 0.25) is 0 Å². The molecule has 1 N–H and O–H groups in total. The molecule has 0 atom stereocenters. The van der Waals surface area contributed by atoms with Gasteiger partial charge in [-0.3, -0.25) is 0 Å². The lowest BCUT2D eigenvalue weighted by molar-refractivity contribution is 0.268. The minimum Gasteiger partial charge on any atom is -0.486 e. The van der Waals surface area contributed by atoms with Crippen LogP contribution in [0.2, 0.25) is 0 Å². The molecule has 3 nitrogen and oxygen atoms in total. The second kappa shape index (κ2) is 6.07. The predicted octanol–water partition coefficient (Wildman–Crippen LogP) is 3.65. The number of benzene rings is 1. The number of hydrogen-bond acceptors (Lipinski definition) is 3. The Balaban J connectivity index is 2.02. The number of hydrogen-bond donors (Lipinski definition) is 1. The van der Waals surface area contributed by atoms with Crippen LogP contribution in [0.15, 0.2) is 39.4 Å². The Morgan fingerprint density at radius 1 is 1.33 bits per heavy atom. The highest BCUT2D eigenvalue weighted by molar-refractivity contribution is 9.10. The van der Waals surface area contributed by atoms with E-state index >= 15 is 0 Å². The van der Waals surface area contributed by atoms with Crippen LogP contribution in [0.1, 0.15) is 16.9 Å². The van der Waals surface area contributed by atoms with Crippen molar-refractivity contribution in [3.05, 3.63) is 51.9 Å². The summed E-state index contributed by atoms with van der Waals surface area (Å²) in [4.78, 5) is 0. The average Bonchev–Trinajstić information content (AvgIpc) is 2.79. The zero-order chi connectivity index (χ0) is 13.0. The van der Waals surface area contributed by atoms with Crippen LogP contribution in [0.3, 0.4) is 0 Å². The van der Waals surface area contributed by atoms with Crippen molar-refractivity contribution in [3.8, 4) is 5.75 Å². The number of rotatable bonds is 5. The Morgan fingerprint density at radius 3 is 2.89 bits per heavy atom. The van der Waals surface area contributed by atoms with Gasteiger partial charge in [-0.2, -0.15) is 0 Å². The van der Waals surface area contributed by atoms with Gasteiger partial charge in [-0.15, -0.1) is 0 Å². The van der Waals surface area contributed by atoms with Gasteiger partial charge in [-0.25, -0.2) is 0 Å². The van der Waals surface area contributed by atoms with E-state index in [0.717, 1.165) is 33.7 Å². The normalized spacial score (nSPS) is 10.6. The van der Waals surface area contributed by atoms with Crippen molar-refractivity contribution in [2.24, 2.45) is 0 Å². The van der Waals surface area contributed by atoms with E-state index in [-0.39, 0.29) is 0 Å². The van der Waals surface area contributed by atoms with E-state index in [1.165, 1.54) is 0 Å². The molecule has 0 radical (unpaired) electrons. The van der Waals surface area contributed by atoms with Gasteiger partial charge in [-0.05, 0) is 43.8 Å². The zero-order valence-electron chi connectivity index (χ0n) is 10.5. The highest BCUT2D eigenvalue weighted by atomic mass is 79.9. The second-order valence-electron chi connectivity index (χ2n) is 4.10. The molecule has 0 saturated heterocycles. The molecule has 4 heteroatoms. The summed E-state index contributed by atoms with van der Waals surface area (Å²) < 4.78 is 12.2. The van der Waals surface area contributed by atoms with E-state index < -0.39 is 0 Å². The highest BCUT2D eigenvalue weighted by Gasteiger charge is 2.06. The molecule has 0 fully saturated rings. The Morgan fingerprint density at radius 2 is 2.17 bits per heavy atom. The Hall–Kier alpha value is -1.26. The smallest absolute Gasteiger partial charge is 0.146 e. The van der Waals surface area contributed by atoms with Crippen molar-refractivity contribution in [1.29, 1.82) is 0 Å². The molecule has 2 aromatic rings. The summed E-state index contributed by atoms with van der Waals surface area (Å²) in [6.45, 7) is 3.27. The summed E-state index contributed by atoms with van der Waals surface area (Å²) in [5.74, 6) is 1.72. The molecule has 0 saturated carbocycles. The van der Waals surface area contributed by atoms with Gasteiger partial charge in [0.05, 0.1) is 6.26 Å². The van der Waals surface area contributed by atoms with Gasteiger partial charge in [0.1, 0.15) is 18.1 Å². The first-order valence-corrected chi connectivity index (χ1v) is 6.59. The first-order valence-electron chi connectivity index (χ1n) is 5.79. The maximum atomic E-state index is 5.73. The molecule has 0 amide bonds. The minimum atomic E-state index is 0.449. The lowest BCUT2D eigenvalue weighted by Crippen LogP contribution is -2.07. The second-order valence-corrected chi connectivity index (χ2v) is 4.95. The van der Waals surface area contributed by atoms with Gasteiger partial charge in [-0.1, -0.05) is 15.9 Å².